The van der Waals surface area contributed by atoms with Crippen LogP contribution < -0.4 is 10.7 Å². The molecule has 24 heavy (non-hydrogen) atoms. The highest BCUT2D eigenvalue weighted by Crippen LogP contribution is 2.29. The smallest absolute Gasteiger partial charge is 0.357 e. The van der Waals surface area contributed by atoms with Crippen molar-refractivity contribution in [3.63, 3.8) is 0 Å². The van der Waals surface area contributed by atoms with Crippen molar-refractivity contribution in [2.75, 3.05) is 0 Å². The Labute approximate surface area is 143 Å². The number of thiocarbonyl (C=S) groups is 1. The van der Waals surface area contributed by atoms with Crippen molar-refractivity contribution in [3.05, 3.63) is 71.3 Å². The molecule has 3 nitrogen and oxygen atoms in total. The van der Waals surface area contributed by atoms with E-state index in [9.17, 15) is 13.2 Å². The van der Waals surface area contributed by atoms with Gasteiger partial charge in [-0.25, -0.2) is 0 Å². The standard InChI is InChI=1S/C17H16F3N3S/c1-12(14-8-5-9-15(10-14)17(18,19)20)22-23-16(24)21-11-13-6-3-2-4-7-13/h2-10H,11H2,1H3,(H2,21,23,24)/b22-12+. The molecule has 0 bridgehead atoms. The van der Waals surface area contributed by atoms with E-state index in [1.165, 1.54) is 6.07 Å². The highest BCUT2D eigenvalue weighted by molar-refractivity contribution is 7.80. The van der Waals surface area contributed by atoms with Crippen molar-refractivity contribution in [1.29, 1.82) is 0 Å². The van der Waals surface area contributed by atoms with Crippen LogP contribution in [0, 0.1) is 0 Å². The van der Waals surface area contributed by atoms with E-state index in [1.807, 2.05) is 30.3 Å². The number of nitrogens with zero attached hydrogens (tertiary/aromatic N) is 1. The molecule has 0 spiro atoms. The third kappa shape index (κ3) is 5.34. The van der Waals surface area contributed by atoms with E-state index in [4.69, 9.17) is 12.2 Å². The van der Waals surface area contributed by atoms with E-state index in [-0.39, 0.29) is 0 Å². The third-order valence-electron chi connectivity index (χ3n) is 3.23. The number of hydrazone groups is 1. The summed E-state index contributed by atoms with van der Waals surface area (Å²) in [5.41, 5.74) is 3.77. The van der Waals surface area contributed by atoms with Crippen LogP contribution in [0.3, 0.4) is 0 Å². The summed E-state index contributed by atoms with van der Waals surface area (Å²) in [6.07, 6.45) is -4.38. The summed E-state index contributed by atoms with van der Waals surface area (Å²) in [5, 5.41) is 7.30. The summed E-state index contributed by atoms with van der Waals surface area (Å²) in [7, 11) is 0. The minimum absolute atomic E-state index is 0.296. The Kier molecular flexibility index (Phi) is 5.92. The van der Waals surface area contributed by atoms with Gasteiger partial charge in [-0.15, -0.1) is 0 Å². The van der Waals surface area contributed by atoms with Gasteiger partial charge in [-0.1, -0.05) is 42.5 Å². The average Bonchev–Trinajstić information content (AvgIpc) is 2.58. The first-order valence-electron chi connectivity index (χ1n) is 7.16. The largest absolute Gasteiger partial charge is 0.416 e. The van der Waals surface area contributed by atoms with Gasteiger partial charge in [-0.3, -0.25) is 5.43 Å². The number of rotatable bonds is 4. The monoisotopic (exact) mass is 351 g/mol. The summed E-state index contributed by atoms with van der Waals surface area (Å²) < 4.78 is 38.2. The molecule has 0 saturated carbocycles. The number of hydrogen-bond donors (Lipinski definition) is 2. The average molecular weight is 351 g/mol. The number of nitrogens with one attached hydrogen (secondary N) is 2. The fraction of sp³-hybridized carbons (Fsp3) is 0.176. The van der Waals surface area contributed by atoms with Gasteiger partial charge in [0.2, 0.25) is 0 Å². The lowest BCUT2D eigenvalue weighted by Crippen LogP contribution is -2.32. The third-order valence-corrected chi connectivity index (χ3v) is 3.46. The van der Waals surface area contributed by atoms with Gasteiger partial charge in [0.25, 0.3) is 0 Å². The van der Waals surface area contributed by atoms with Gasteiger partial charge in [-0.05, 0) is 42.4 Å². The number of alkyl halides is 3. The molecule has 0 aliphatic carbocycles. The zero-order chi connectivity index (χ0) is 17.6. The molecule has 7 heteroatoms. The second kappa shape index (κ2) is 7.92. The van der Waals surface area contributed by atoms with Gasteiger partial charge >= 0.3 is 6.18 Å². The molecule has 0 radical (unpaired) electrons. The normalized spacial score (nSPS) is 11.9. The second-order valence-electron chi connectivity index (χ2n) is 5.06. The molecule has 0 aliphatic rings. The molecule has 0 fully saturated rings. The van der Waals surface area contributed by atoms with E-state index >= 15 is 0 Å². The van der Waals surface area contributed by atoms with Gasteiger partial charge < -0.3 is 5.32 Å². The fourth-order valence-electron chi connectivity index (χ4n) is 1.94. The quantitative estimate of drug-likeness (QED) is 0.495. The van der Waals surface area contributed by atoms with Crippen molar-refractivity contribution in [3.8, 4) is 0 Å². The second-order valence-corrected chi connectivity index (χ2v) is 5.46. The summed E-state index contributed by atoms with van der Waals surface area (Å²) >= 11 is 5.10. The number of benzene rings is 2. The lowest BCUT2D eigenvalue weighted by Gasteiger charge is -2.10. The van der Waals surface area contributed by atoms with Crippen LogP contribution in [0.25, 0.3) is 0 Å². The molecule has 0 aromatic heterocycles. The van der Waals surface area contributed by atoms with Crippen LogP contribution in [-0.4, -0.2) is 10.8 Å². The van der Waals surface area contributed by atoms with Crippen LogP contribution in [0.4, 0.5) is 13.2 Å². The lowest BCUT2D eigenvalue weighted by atomic mass is 10.1. The van der Waals surface area contributed by atoms with Crippen LogP contribution in [-0.2, 0) is 12.7 Å². The number of halogens is 3. The Morgan fingerprint density at radius 2 is 1.79 bits per heavy atom. The molecule has 0 amide bonds. The summed E-state index contributed by atoms with van der Waals surface area (Å²) in [4.78, 5) is 0. The van der Waals surface area contributed by atoms with E-state index in [0.717, 1.165) is 17.7 Å². The van der Waals surface area contributed by atoms with E-state index in [1.54, 1.807) is 13.0 Å². The van der Waals surface area contributed by atoms with Crippen LogP contribution in [0.1, 0.15) is 23.6 Å². The molecule has 0 aliphatic heterocycles. The topological polar surface area (TPSA) is 36.4 Å². The minimum atomic E-state index is -4.38. The highest BCUT2D eigenvalue weighted by Gasteiger charge is 2.30. The molecule has 2 aromatic rings. The first-order valence-corrected chi connectivity index (χ1v) is 7.57. The zero-order valence-electron chi connectivity index (χ0n) is 12.9. The molecular formula is C17H16F3N3S. The molecule has 0 unspecified atom stereocenters. The molecule has 0 atom stereocenters. The summed E-state index contributed by atoms with van der Waals surface area (Å²) in [6, 6.07) is 14.7. The van der Waals surface area contributed by atoms with Gasteiger partial charge in [0, 0.05) is 6.54 Å². The van der Waals surface area contributed by atoms with E-state index in [2.05, 4.69) is 15.8 Å². The zero-order valence-corrected chi connectivity index (χ0v) is 13.7. The predicted octanol–water partition coefficient (Wildman–Crippen LogP) is 4.09. The number of hydrogen-bond acceptors (Lipinski definition) is 2. The van der Waals surface area contributed by atoms with E-state index < -0.39 is 11.7 Å². The van der Waals surface area contributed by atoms with Crippen molar-refractivity contribution < 1.29 is 13.2 Å². The van der Waals surface area contributed by atoms with Crippen molar-refractivity contribution in [1.82, 2.24) is 10.7 Å². The lowest BCUT2D eigenvalue weighted by molar-refractivity contribution is -0.137. The fourth-order valence-corrected chi connectivity index (χ4v) is 2.06. The summed E-state index contributed by atoms with van der Waals surface area (Å²) in [5.74, 6) is 0. The minimum Gasteiger partial charge on any atom is -0.357 e. The molecule has 126 valence electrons. The van der Waals surface area contributed by atoms with Gasteiger partial charge in [0.1, 0.15) is 0 Å². The van der Waals surface area contributed by atoms with Crippen molar-refractivity contribution >= 4 is 23.0 Å². The van der Waals surface area contributed by atoms with Crippen LogP contribution in [0.2, 0.25) is 0 Å². The Morgan fingerprint density at radius 3 is 2.46 bits per heavy atom. The van der Waals surface area contributed by atoms with Crippen molar-refractivity contribution in [2.45, 2.75) is 19.6 Å². The highest BCUT2D eigenvalue weighted by atomic mass is 32.1. The van der Waals surface area contributed by atoms with Crippen LogP contribution in [0.5, 0.6) is 0 Å². The summed E-state index contributed by atoms with van der Waals surface area (Å²) in [6.45, 7) is 2.15. The molecule has 2 rings (SSSR count). The Morgan fingerprint density at radius 1 is 1.08 bits per heavy atom. The van der Waals surface area contributed by atoms with Crippen molar-refractivity contribution in [2.24, 2.45) is 5.10 Å². The first kappa shape index (κ1) is 17.9. The SMILES string of the molecule is C/C(=N\NC(=S)NCc1ccccc1)c1cccc(C(F)(F)F)c1. The Hall–Kier alpha value is -2.41. The first-order chi connectivity index (χ1) is 11.4. The van der Waals surface area contributed by atoms with E-state index in [0.29, 0.717) is 22.9 Å². The predicted molar refractivity (Wildman–Crippen MR) is 92.7 cm³/mol. The Balaban J connectivity index is 1.95. The Bertz CT molecular complexity index is 727. The molecule has 2 N–H and O–H groups in total. The van der Waals surface area contributed by atoms with Crippen LogP contribution in [0.15, 0.2) is 59.7 Å². The van der Waals surface area contributed by atoms with Crippen LogP contribution >= 0.6 is 12.2 Å². The maximum atomic E-state index is 12.7. The van der Waals surface area contributed by atoms with Gasteiger partial charge in [0.05, 0.1) is 11.3 Å². The van der Waals surface area contributed by atoms with Gasteiger partial charge in [-0.2, -0.15) is 18.3 Å². The molecule has 0 heterocycles. The molecular weight excluding hydrogens is 335 g/mol. The maximum Gasteiger partial charge on any atom is 0.416 e. The maximum absolute atomic E-state index is 12.7. The molecule has 0 saturated heterocycles. The molecule has 2 aromatic carbocycles. The van der Waals surface area contributed by atoms with Gasteiger partial charge in [0.15, 0.2) is 5.11 Å².